The second-order valence-electron chi connectivity index (χ2n) is 5.89. The molecule has 1 aromatic heterocycles. The lowest BCUT2D eigenvalue weighted by Gasteiger charge is -2.36. The SMILES string of the molecule is CCOc1ccc(CN2CCNCC2c2cccnc2)cc1OC. The van der Waals surface area contributed by atoms with Crippen LogP contribution in [-0.2, 0) is 6.54 Å². The van der Waals surface area contributed by atoms with E-state index in [4.69, 9.17) is 9.47 Å². The summed E-state index contributed by atoms with van der Waals surface area (Å²) in [5.41, 5.74) is 2.48. The molecule has 1 fully saturated rings. The number of nitrogens with zero attached hydrogens (tertiary/aromatic N) is 2. The van der Waals surface area contributed by atoms with Gasteiger partial charge in [0.05, 0.1) is 13.7 Å². The number of benzene rings is 1. The standard InChI is InChI=1S/C19H25N3O2/c1-3-24-18-7-6-15(11-19(18)23-2)14-22-10-9-21-13-17(22)16-5-4-8-20-12-16/h4-8,11-12,17,21H,3,9-10,13-14H2,1-2H3. The third kappa shape index (κ3) is 3.86. The van der Waals surface area contributed by atoms with E-state index in [0.717, 1.165) is 37.7 Å². The molecule has 0 amide bonds. The fraction of sp³-hybridized carbons (Fsp3) is 0.421. The van der Waals surface area contributed by atoms with Crippen molar-refractivity contribution in [3.8, 4) is 11.5 Å². The van der Waals surface area contributed by atoms with Crippen LogP contribution in [0.4, 0.5) is 0 Å². The quantitative estimate of drug-likeness (QED) is 0.884. The number of rotatable bonds is 6. The summed E-state index contributed by atoms with van der Waals surface area (Å²) in [6, 6.07) is 10.7. The number of methoxy groups -OCH3 is 1. The van der Waals surface area contributed by atoms with E-state index < -0.39 is 0 Å². The summed E-state index contributed by atoms with van der Waals surface area (Å²) in [5.74, 6) is 1.59. The lowest BCUT2D eigenvalue weighted by Crippen LogP contribution is -2.45. The van der Waals surface area contributed by atoms with Gasteiger partial charge in [0.15, 0.2) is 11.5 Å². The zero-order chi connectivity index (χ0) is 16.8. The topological polar surface area (TPSA) is 46.6 Å². The maximum Gasteiger partial charge on any atom is 0.161 e. The molecule has 1 aliphatic rings. The van der Waals surface area contributed by atoms with Crippen LogP contribution >= 0.6 is 0 Å². The fourth-order valence-corrected chi connectivity index (χ4v) is 3.16. The Morgan fingerprint density at radius 3 is 2.96 bits per heavy atom. The zero-order valence-corrected chi connectivity index (χ0v) is 14.4. The number of pyridine rings is 1. The first-order valence-corrected chi connectivity index (χ1v) is 8.46. The van der Waals surface area contributed by atoms with Gasteiger partial charge in [-0.15, -0.1) is 0 Å². The van der Waals surface area contributed by atoms with Crippen LogP contribution in [0.15, 0.2) is 42.7 Å². The minimum absolute atomic E-state index is 0.338. The third-order valence-electron chi connectivity index (χ3n) is 4.34. The smallest absolute Gasteiger partial charge is 0.161 e. The lowest BCUT2D eigenvalue weighted by atomic mass is 10.0. The van der Waals surface area contributed by atoms with E-state index >= 15 is 0 Å². The molecular weight excluding hydrogens is 302 g/mol. The van der Waals surface area contributed by atoms with Crippen LogP contribution in [0.2, 0.25) is 0 Å². The average molecular weight is 327 g/mol. The molecular formula is C19H25N3O2. The van der Waals surface area contributed by atoms with Gasteiger partial charge >= 0.3 is 0 Å². The second-order valence-corrected chi connectivity index (χ2v) is 5.89. The molecule has 128 valence electrons. The Morgan fingerprint density at radius 2 is 2.21 bits per heavy atom. The van der Waals surface area contributed by atoms with E-state index in [2.05, 4.69) is 33.4 Å². The number of ether oxygens (including phenoxy) is 2. The third-order valence-corrected chi connectivity index (χ3v) is 4.34. The Labute approximate surface area is 143 Å². The first-order chi connectivity index (χ1) is 11.8. The first kappa shape index (κ1) is 16.7. The van der Waals surface area contributed by atoms with E-state index in [9.17, 15) is 0 Å². The summed E-state index contributed by atoms with van der Waals surface area (Å²) in [6.45, 7) is 6.45. The van der Waals surface area contributed by atoms with E-state index in [1.807, 2.05) is 31.5 Å². The van der Waals surface area contributed by atoms with Crippen molar-refractivity contribution in [2.24, 2.45) is 0 Å². The van der Waals surface area contributed by atoms with Crippen LogP contribution in [0.3, 0.4) is 0 Å². The van der Waals surface area contributed by atoms with Gasteiger partial charge in [-0.3, -0.25) is 9.88 Å². The average Bonchev–Trinajstić information content (AvgIpc) is 2.64. The lowest BCUT2D eigenvalue weighted by molar-refractivity contribution is 0.153. The molecule has 0 radical (unpaired) electrons. The highest BCUT2D eigenvalue weighted by Gasteiger charge is 2.24. The normalized spacial score (nSPS) is 18.3. The van der Waals surface area contributed by atoms with Crippen LogP contribution in [-0.4, -0.2) is 43.2 Å². The van der Waals surface area contributed by atoms with Gasteiger partial charge in [0.2, 0.25) is 0 Å². The van der Waals surface area contributed by atoms with Crippen LogP contribution < -0.4 is 14.8 Å². The van der Waals surface area contributed by atoms with Crippen molar-refractivity contribution in [3.63, 3.8) is 0 Å². The molecule has 0 spiro atoms. The van der Waals surface area contributed by atoms with Crippen molar-refractivity contribution in [3.05, 3.63) is 53.9 Å². The van der Waals surface area contributed by atoms with Crippen molar-refractivity contribution < 1.29 is 9.47 Å². The van der Waals surface area contributed by atoms with Gasteiger partial charge in [-0.05, 0) is 36.2 Å². The Bertz CT molecular complexity index is 648. The van der Waals surface area contributed by atoms with Crippen LogP contribution in [0.5, 0.6) is 11.5 Å². The largest absolute Gasteiger partial charge is 0.493 e. The molecule has 0 saturated carbocycles. The predicted molar refractivity (Wildman–Crippen MR) is 94.4 cm³/mol. The van der Waals surface area contributed by atoms with Crippen molar-refractivity contribution >= 4 is 0 Å². The van der Waals surface area contributed by atoms with Crippen molar-refractivity contribution in [1.29, 1.82) is 0 Å². The minimum Gasteiger partial charge on any atom is -0.493 e. The Morgan fingerprint density at radius 1 is 1.29 bits per heavy atom. The molecule has 1 aliphatic heterocycles. The zero-order valence-electron chi connectivity index (χ0n) is 14.4. The van der Waals surface area contributed by atoms with Crippen LogP contribution in [0, 0.1) is 0 Å². The van der Waals surface area contributed by atoms with E-state index in [0.29, 0.717) is 12.6 Å². The second kappa shape index (κ2) is 8.13. The summed E-state index contributed by atoms with van der Waals surface area (Å²) in [5, 5.41) is 3.48. The monoisotopic (exact) mass is 327 g/mol. The van der Waals surface area contributed by atoms with E-state index in [1.54, 1.807) is 7.11 Å². The summed E-state index contributed by atoms with van der Waals surface area (Å²) in [7, 11) is 1.69. The fourth-order valence-electron chi connectivity index (χ4n) is 3.16. The summed E-state index contributed by atoms with van der Waals surface area (Å²) in [6.07, 6.45) is 3.78. The number of piperazine rings is 1. The Balaban J connectivity index is 1.78. The van der Waals surface area contributed by atoms with Gasteiger partial charge in [0.1, 0.15) is 0 Å². The van der Waals surface area contributed by atoms with Crippen LogP contribution in [0.1, 0.15) is 24.1 Å². The van der Waals surface area contributed by atoms with E-state index in [1.165, 1.54) is 11.1 Å². The highest BCUT2D eigenvalue weighted by atomic mass is 16.5. The van der Waals surface area contributed by atoms with Crippen molar-refractivity contribution in [2.75, 3.05) is 33.4 Å². The molecule has 1 saturated heterocycles. The molecule has 1 unspecified atom stereocenters. The number of hydrogen-bond acceptors (Lipinski definition) is 5. The van der Waals surface area contributed by atoms with Gasteiger partial charge in [-0.1, -0.05) is 12.1 Å². The summed E-state index contributed by atoms with van der Waals surface area (Å²) in [4.78, 5) is 6.76. The maximum atomic E-state index is 5.61. The molecule has 5 nitrogen and oxygen atoms in total. The summed E-state index contributed by atoms with van der Waals surface area (Å²) >= 11 is 0. The van der Waals surface area contributed by atoms with Crippen molar-refractivity contribution in [2.45, 2.75) is 19.5 Å². The molecule has 2 heterocycles. The summed E-state index contributed by atoms with van der Waals surface area (Å²) < 4.78 is 11.1. The van der Waals surface area contributed by atoms with Gasteiger partial charge in [-0.2, -0.15) is 0 Å². The number of aromatic nitrogens is 1. The van der Waals surface area contributed by atoms with Gasteiger partial charge in [-0.25, -0.2) is 0 Å². The molecule has 1 atom stereocenters. The first-order valence-electron chi connectivity index (χ1n) is 8.46. The number of nitrogens with one attached hydrogen (secondary N) is 1. The molecule has 5 heteroatoms. The van der Waals surface area contributed by atoms with E-state index in [-0.39, 0.29) is 0 Å². The van der Waals surface area contributed by atoms with Gasteiger partial charge in [0.25, 0.3) is 0 Å². The van der Waals surface area contributed by atoms with Gasteiger partial charge in [0, 0.05) is 44.6 Å². The Hall–Kier alpha value is -2.11. The molecule has 24 heavy (non-hydrogen) atoms. The highest BCUT2D eigenvalue weighted by molar-refractivity contribution is 5.43. The Kier molecular flexibility index (Phi) is 5.67. The van der Waals surface area contributed by atoms with Crippen LogP contribution in [0.25, 0.3) is 0 Å². The molecule has 0 bridgehead atoms. The number of hydrogen-bond donors (Lipinski definition) is 1. The molecule has 2 aromatic rings. The minimum atomic E-state index is 0.338. The molecule has 1 aromatic carbocycles. The van der Waals surface area contributed by atoms with Crippen molar-refractivity contribution in [1.82, 2.24) is 15.2 Å². The maximum absolute atomic E-state index is 5.61. The molecule has 3 rings (SSSR count). The predicted octanol–water partition coefficient (Wildman–Crippen LogP) is 2.64. The molecule has 0 aliphatic carbocycles. The highest BCUT2D eigenvalue weighted by Crippen LogP contribution is 2.30. The van der Waals surface area contributed by atoms with Gasteiger partial charge < -0.3 is 14.8 Å². The molecule has 1 N–H and O–H groups in total.